The van der Waals surface area contributed by atoms with Crippen LogP contribution in [0.15, 0.2) is 47.4 Å². The normalized spacial score (nSPS) is 16.5. The van der Waals surface area contributed by atoms with Crippen molar-refractivity contribution in [2.75, 3.05) is 10.0 Å². The van der Waals surface area contributed by atoms with E-state index in [0.717, 1.165) is 11.3 Å². The SMILES string of the molecule is CC(C)Oc1ccc(S(=O)(=O)Nc2ccc3c(c2)C(C)C(=O)N3)cc1. The van der Waals surface area contributed by atoms with E-state index in [9.17, 15) is 13.2 Å². The van der Waals surface area contributed by atoms with Crippen LogP contribution in [0.2, 0.25) is 0 Å². The third-order valence-corrected chi connectivity index (χ3v) is 5.32. The van der Waals surface area contributed by atoms with Gasteiger partial charge in [0.25, 0.3) is 10.0 Å². The number of fused-ring (bicyclic) bond motifs is 1. The van der Waals surface area contributed by atoms with Gasteiger partial charge in [-0.3, -0.25) is 9.52 Å². The van der Waals surface area contributed by atoms with Gasteiger partial charge in [0.15, 0.2) is 0 Å². The molecule has 25 heavy (non-hydrogen) atoms. The van der Waals surface area contributed by atoms with Crippen LogP contribution in [0.3, 0.4) is 0 Å². The number of ether oxygens (including phenoxy) is 1. The fraction of sp³-hybridized carbons (Fsp3) is 0.278. The number of carbonyl (C=O) groups excluding carboxylic acids is 1. The molecule has 0 radical (unpaired) electrons. The Hall–Kier alpha value is -2.54. The van der Waals surface area contributed by atoms with Crippen molar-refractivity contribution in [1.29, 1.82) is 0 Å². The molecule has 0 saturated heterocycles. The summed E-state index contributed by atoms with van der Waals surface area (Å²) in [5.74, 6) is 0.229. The number of sulfonamides is 1. The van der Waals surface area contributed by atoms with Crippen LogP contribution in [0, 0.1) is 0 Å². The first-order chi connectivity index (χ1) is 11.8. The zero-order valence-corrected chi connectivity index (χ0v) is 15.1. The lowest BCUT2D eigenvalue weighted by Crippen LogP contribution is -2.13. The number of rotatable bonds is 5. The van der Waals surface area contributed by atoms with Crippen LogP contribution >= 0.6 is 0 Å². The Kier molecular flexibility index (Phi) is 4.43. The van der Waals surface area contributed by atoms with Crippen LogP contribution in [-0.4, -0.2) is 20.4 Å². The molecule has 7 heteroatoms. The highest BCUT2D eigenvalue weighted by Crippen LogP contribution is 2.34. The average molecular weight is 360 g/mol. The molecule has 1 heterocycles. The van der Waals surface area contributed by atoms with Crippen molar-refractivity contribution in [3.05, 3.63) is 48.0 Å². The number of amides is 1. The van der Waals surface area contributed by atoms with Gasteiger partial charge in [-0.2, -0.15) is 0 Å². The van der Waals surface area contributed by atoms with Crippen molar-refractivity contribution in [3.8, 4) is 5.75 Å². The summed E-state index contributed by atoms with van der Waals surface area (Å²) >= 11 is 0. The van der Waals surface area contributed by atoms with Gasteiger partial charge in [-0.25, -0.2) is 8.42 Å². The molecule has 2 N–H and O–H groups in total. The van der Waals surface area contributed by atoms with Gasteiger partial charge in [0, 0.05) is 11.4 Å². The van der Waals surface area contributed by atoms with E-state index in [0.29, 0.717) is 11.4 Å². The lowest BCUT2D eigenvalue weighted by atomic mass is 10.0. The molecule has 3 rings (SSSR count). The van der Waals surface area contributed by atoms with E-state index in [1.54, 1.807) is 37.3 Å². The zero-order chi connectivity index (χ0) is 18.2. The van der Waals surface area contributed by atoms with Gasteiger partial charge >= 0.3 is 0 Å². The van der Waals surface area contributed by atoms with Crippen molar-refractivity contribution in [2.24, 2.45) is 0 Å². The molecular formula is C18H20N2O4S. The van der Waals surface area contributed by atoms with E-state index in [1.165, 1.54) is 12.1 Å². The van der Waals surface area contributed by atoms with Crippen LogP contribution in [0.1, 0.15) is 32.3 Å². The minimum Gasteiger partial charge on any atom is -0.491 e. The number of hydrogen-bond donors (Lipinski definition) is 2. The molecule has 2 aromatic carbocycles. The summed E-state index contributed by atoms with van der Waals surface area (Å²) in [6.45, 7) is 5.59. The lowest BCUT2D eigenvalue weighted by Gasteiger charge is -2.12. The number of benzene rings is 2. The van der Waals surface area contributed by atoms with Gasteiger partial charge in [-0.15, -0.1) is 0 Å². The predicted molar refractivity (Wildman–Crippen MR) is 96.5 cm³/mol. The van der Waals surface area contributed by atoms with E-state index in [2.05, 4.69) is 10.0 Å². The Morgan fingerprint density at radius 1 is 1.12 bits per heavy atom. The van der Waals surface area contributed by atoms with Gasteiger partial charge in [-0.05, 0) is 68.8 Å². The number of anilines is 2. The fourth-order valence-corrected chi connectivity index (χ4v) is 3.71. The first-order valence-corrected chi connectivity index (χ1v) is 9.49. The Bertz CT molecular complexity index is 905. The highest BCUT2D eigenvalue weighted by Gasteiger charge is 2.27. The van der Waals surface area contributed by atoms with Crippen LogP contribution in [0.25, 0.3) is 0 Å². The highest BCUT2D eigenvalue weighted by molar-refractivity contribution is 7.92. The fourth-order valence-electron chi connectivity index (χ4n) is 2.66. The summed E-state index contributed by atoms with van der Waals surface area (Å²) < 4.78 is 33.2. The molecule has 0 spiro atoms. The molecule has 0 fully saturated rings. The number of nitrogens with one attached hydrogen (secondary N) is 2. The summed E-state index contributed by atoms with van der Waals surface area (Å²) in [4.78, 5) is 11.8. The van der Waals surface area contributed by atoms with E-state index >= 15 is 0 Å². The summed E-state index contributed by atoms with van der Waals surface area (Å²) in [5, 5.41) is 2.76. The maximum absolute atomic E-state index is 12.5. The Labute approximate surface area is 147 Å². The van der Waals surface area contributed by atoms with Gasteiger partial charge in [0.05, 0.1) is 16.9 Å². The largest absolute Gasteiger partial charge is 0.491 e. The summed E-state index contributed by atoms with van der Waals surface area (Å²) in [7, 11) is -3.72. The zero-order valence-electron chi connectivity index (χ0n) is 14.2. The van der Waals surface area contributed by atoms with Crippen LogP contribution in [-0.2, 0) is 14.8 Å². The molecule has 1 aliphatic rings. The molecule has 0 saturated carbocycles. The third kappa shape index (κ3) is 3.61. The standard InChI is InChI=1S/C18H20N2O4S/c1-11(2)24-14-5-7-15(8-6-14)25(22,23)20-13-4-9-17-16(10-13)12(3)18(21)19-17/h4-12,20H,1-3H3,(H,19,21). The minimum absolute atomic E-state index is 0.0188. The van der Waals surface area contributed by atoms with Crippen LogP contribution in [0.5, 0.6) is 5.75 Å². The summed E-state index contributed by atoms with van der Waals surface area (Å²) in [6, 6.07) is 11.3. The van der Waals surface area contributed by atoms with Crippen molar-refractivity contribution >= 4 is 27.3 Å². The van der Waals surface area contributed by atoms with E-state index in [4.69, 9.17) is 4.74 Å². The minimum atomic E-state index is -3.72. The van der Waals surface area contributed by atoms with Crippen molar-refractivity contribution < 1.29 is 17.9 Å². The average Bonchev–Trinajstić information content (AvgIpc) is 2.82. The summed E-state index contributed by atoms with van der Waals surface area (Å²) in [5.41, 5.74) is 1.92. The van der Waals surface area contributed by atoms with Gasteiger partial charge in [-0.1, -0.05) is 0 Å². The second-order valence-electron chi connectivity index (χ2n) is 6.26. The Morgan fingerprint density at radius 2 is 1.80 bits per heavy atom. The molecule has 0 bridgehead atoms. The Balaban J connectivity index is 1.81. The number of hydrogen-bond acceptors (Lipinski definition) is 4. The lowest BCUT2D eigenvalue weighted by molar-refractivity contribution is -0.116. The van der Waals surface area contributed by atoms with Gasteiger partial charge < -0.3 is 10.1 Å². The smallest absolute Gasteiger partial charge is 0.261 e. The maximum atomic E-state index is 12.5. The predicted octanol–water partition coefficient (Wildman–Crippen LogP) is 3.33. The van der Waals surface area contributed by atoms with Crippen molar-refractivity contribution in [1.82, 2.24) is 0 Å². The topological polar surface area (TPSA) is 84.5 Å². The second-order valence-corrected chi connectivity index (χ2v) is 7.94. The van der Waals surface area contributed by atoms with E-state index < -0.39 is 10.0 Å². The quantitative estimate of drug-likeness (QED) is 0.856. The molecule has 0 aliphatic carbocycles. The molecule has 0 aromatic heterocycles. The molecule has 1 amide bonds. The number of carbonyl (C=O) groups is 1. The molecule has 2 aromatic rings. The Morgan fingerprint density at radius 3 is 2.44 bits per heavy atom. The third-order valence-electron chi connectivity index (χ3n) is 3.93. The molecule has 1 unspecified atom stereocenters. The van der Waals surface area contributed by atoms with E-state index in [-0.39, 0.29) is 22.8 Å². The monoisotopic (exact) mass is 360 g/mol. The molecule has 132 valence electrons. The van der Waals surface area contributed by atoms with Gasteiger partial charge in [0.2, 0.25) is 5.91 Å². The van der Waals surface area contributed by atoms with Crippen molar-refractivity contribution in [2.45, 2.75) is 37.7 Å². The van der Waals surface area contributed by atoms with E-state index in [1.807, 2.05) is 13.8 Å². The molecule has 6 nitrogen and oxygen atoms in total. The van der Waals surface area contributed by atoms with Crippen LogP contribution < -0.4 is 14.8 Å². The van der Waals surface area contributed by atoms with Crippen molar-refractivity contribution in [3.63, 3.8) is 0 Å². The van der Waals surface area contributed by atoms with Crippen LogP contribution in [0.4, 0.5) is 11.4 Å². The first-order valence-electron chi connectivity index (χ1n) is 8.00. The van der Waals surface area contributed by atoms with Gasteiger partial charge in [0.1, 0.15) is 5.75 Å². The maximum Gasteiger partial charge on any atom is 0.261 e. The summed E-state index contributed by atoms with van der Waals surface area (Å²) in [6.07, 6.45) is 0.0188. The first kappa shape index (κ1) is 17.3. The second kappa shape index (κ2) is 6.40. The molecule has 1 aliphatic heterocycles. The molecule has 1 atom stereocenters. The highest BCUT2D eigenvalue weighted by atomic mass is 32.2. The molecular weight excluding hydrogens is 340 g/mol.